The standard InChI is InChI=1S/C61H107N2O6P/c1-6-8-10-12-14-16-17-18-19-20-21-22-23-24-25-26-27-28-29-30-31-32-33-34-35-36-37-38-39-40-41-42-43-44-45-47-49-51-53-55-61(65)62-59(58-69-70(66,67)68-57-56-63(3,4)5)60(64)54-52-50-48-46-15-13-11-9-7-2/h8,10,14,16,18-19,21-22,24-25,27-28,30-31,33-34,36-37,59-60,64H,6-7,9,11-13,15,17,20,23,26,29,32,35,38-58H2,1-5H3,(H-,62,65,66,67)/b10-8-,16-14-,19-18-,22-21-,25-24-,28-27-,31-30-,34-33-,37-36-. The lowest BCUT2D eigenvalue weighted by molar-refractivity contribution is -0.870. The van der Waals surface area contributed by atoms with E-state index in [1.165, 1.54) is 96.3 Å². The van der Waals surface area contributed by atoms with E-state index < -0.39 is 20.0 Å². The maximum absolute atomic E-state index is 12.9. The molecule has 0 aromatic heterocycles. The van der Waals surface area contributed by atoms with E-state index >= 15 is 0 Å². The van der Waals surface area contributed by atoms with Crippen LogP contribution in [0.25, 0.3) is 0 Å². The highest BCUT2D eigenvalue weighted by Crippen LogP contribution is 2.38. The highest BCUT2D eigenvalue weighted by Gasteiger charge is 2.24. The van der Waals surface area contributed by atoms with E-state index in [1.807, 2.05) is 21.1 Å². The van der Waals surface area contributed by atoms with Crippen LogP contribution in [0.1, 0.15) is 219 Å². The largest absolute Gasteiger partial charge is 0.756 e. The quantitative estimate of drug-likeness (QED) is 0.0272. The van der Waals surface area contributed by atoms with Gasteiger partial charge in [0.15, 0.2) is 0 Å². The van der Waals surface area contributed by atoms with Crippen molar-refractivity contribution in [3.05, 3.63) is 109 Å². The summed E-state index contributed by atoms with van der Waals surface area (Å²) >= 11 is 0. The second kappa shape index (κ2) is 51.1. The maximum Gasteiger partial charge on any atom is 0.268 e. The minimum atomic E-state index is -4.57. The molecule has 0 saturated carbocycles. The highest BCUT2D eigenvalue weighted by atomic mass is 31.2. The summed E-state index contributed by atoms with van der Waals surface area (Å²) in [5.41, 5.74) is 0. The van der Waals surface area contributed by atoms with Crippen LogP contribution in [0.2, 0.25) is 0 Å². The molecule has 1 amide bonds. The number of aliphatic hydroxyl groups is 1. The molecule has 0 fully saturated rings. The molecular weight excluding hydrogens is 888 g/mol. The fraction of sp³-hybridized carbons (Fsp3) is 0.689. The number of phosphoric acid groups is 1. The predicted molar refractivity (Wildman–Crippen MR) is 302 cm³/mol. The third-order valence-corrected chi connectivity index (χ3v) is 13.0. The van der Waals surface area contributed by atoms with Crippen molar-refractivity contribution >= 4 is 13.7 Å². The Labute approximate surface area is 431 Å². The molecule has 0 heterocycles. The van der Waals surface area contributed by atoms with Gasteiger partial charge in [0.25, 0.3) is 7.82 Å². The first-order valence-electron chi connectivity index (χ1n) is 28.2. The molecule has 0 aliphatic rings. The summed E-state index contributed by atoms with van der Waals surface area (Å²) < 4.78 is 23.3. The van der Waals surface area contributed by atoms with Gasteiger partial charge in [0.2, 0.25) is 5.91 Å². The lowest BCUT2D eigenvalue weighted by Gasteiger charge is -2.30. The number of allylic oxidation sites excluding steroid dienone is 18. The summed E-state index contributed by atoms with van der Waals surface area (Å²) in [7, 11) is 1.29. The van der Waals surface area contributed by atoms with Gasteiger partial charge in [0.1, 0.15) is 13.2 Å². The Morgan fingerprint density at radius 3 is 1.27 bits per heavy atom. The first kappa shape index (κ1) is 67.2. The summed E-state index contributed by atoms with van der Waals surface area (Å²) in [5, 5.41) is 13.9. The van der Waals surface area contributed by atoms with E-state index in [9.17, 15) is 19.4 Å². The molecule has 0 saturated heterocycles. The Balaban J connectivity index is 3.99. The molecule has 70 heavy (non-hydrogen) atoms. The van der Waals surface area contributed by atoms with Crippen molar-refractivity contribution in [2.24, 2.45) is 0 Å². The average Bonchev–Trinajstić information content (AvgIpc) is 3.32. The van der Waals surface area contributed by atoms with E-state index in [-0.39, 0.29) is 19.1 Å². The summed E-state index contributed by atoms with van der Waals surface area (Å²) in [5.74, 6) is -0.175. The van der Waals surface area contributed by atoms with Gasteiger partial charge in [-0.25, -0.2) is 0 Å². The molecule has 0 aromatic rings. The Hall–Kier alpha value is -2.84. The number of amides is 1. The molecular formula is C61H107N2O6P. The summed E-state index contributed by atoms with van der Waals surface area (Å²) in [6, 6.07) is -0.806. The average molecular weight is 996 g/mol. The van der Waals surface area contributed by atoms with E-state index in [1.54, 1.807) is 0 Å². The van der Waals surface area contributed by atoms with Gasteiger partial charge < -0.3 is 28.8 Å². The number of likely N-dealkylation sites (N-methyl/N-ethyl adjacent to an activating group) is 1. The normalized spacial score (nSPS) is 14.8. The van der Waals surface area contributed by atoms with Crippen LogP contribution in [0.5, 0.6) is 0 Å². The number of carbonyl (C=O) groups is 1. The van der Waals surface area contributed by atoms with Crippen molar-refractivity contribution in [2.75, 3.05) is 40.9 Å². The molecule has 8 nitrogen and oxygen atoms in total. The molecule has 0 spiro atoms. The number of rotatable bonds is 50. The number of phosphoric ester groups is 1. The van der Waals surface area contributed by atoms with Gasteiger partial charge in [-0.3, -0.25) is 9.36 Å². The fourth-order valence-corrected chi connectivity index (χ4v) is 8.34. The van der Waals surface area contributed by atoms with Crippen LogP contribution in [0.15, 0.2) is 109 Å². The number of carbonyl (C=O) groups excluding carboxylic acids is 1. The molecule has 402 valence electrons. The summed E-state index contributed by atoms with van der Waals surface area (Å²) in [6.45, 7) is 4.56. The first-order chi connectivity index (χ1) is 34.0. The third kappa shape index (κ3) is 53.0. The van der Waals surface area contributed by atoms with Crippen LogP contribution in [0.3, 0.4) is 0 Å². The van der Waals surface area contributed by atoms with Crippen molar-refractivity contribution in [2.45, 2.75) is 231 Å². The van der Waals surface area contributed by atoms with E-state index in [2.05, 4.69) is 129 Å². The third-order valence-electron chi connectivity index (χ3n) is 12.0. The van der Waals surface area contributed by atoms with Gasteiger partial charge in [-0.05, 0) is 83.5 Å². The zero-order valence-corrected chi connectivity index (χ0v) is 46.6. The smallest absolute Gasteiger partial charge is 0.268 e. The Morgan fingerprint density at radius 2 is 0.871 bits per heavy atom. The van der Waals surface area contributed by atoms with E-state index in [4.69, 9.17) is 9.05 Å². The van der Waals surface area contributed by atoms with E-state index in [0.717, 1.165) is 96.3 Å². The highest BCUT2D eigenvalue weighted by molar-refractivity contribution is 7.45. The Kier molecular flexibility index (Phi) is 49.0. The molecule has 3 unspecified atom stereocenters. The van der Waals surface area contributed by atoms with Crippen molar-refractivity contribution in [3.8, 4) is 0 Å². The molecule has 2 N–H and O–H groups in total. The molecule has 0 aromatic carbocycles. The van der Waals surface area contributed by atoms with Gasteiger partial charge >= 0.3 is 0 Å². The zero-order chi connectivity index (χ0) is 51.3. The maximum atomic E-state index is 12.9. The topological polar surface area (TPSA) is 108 Å². The number of hydrogen-bond donors (Lipinski definition) is 2. The lowest BCUT2D eigenvalue weighted by atomic mass is 10.0. The molecule has 0 radical (unpaired) electrons. The van der Waals surface area contributed by atoms with Crippen molar-refractivity contribution in [1.82, 2.24) is 5.32 Å². The first-order valence-corrected chi connectivity index (χ1v) is 29.7. The van der Waals surface area contributed by atoms with Crippen molar-refractivity contribution in [3.63, 3.8) is 0 Å². The van der Waals surface area contributed by atoms with Crippen LogP contribution in [0, 0.1) is 0 Å². The lowest BCUT2D eigenvalue weighted by Crippen LogP contribution is -2.46. The van der Waals surface area contributed by atoms with Gasteiger partial charge in [-0.2, -0.15) is 0 Å². The minimum Gasteiger partial charge on any atom is -0.756 e. The zero-order valence-electron chi connectivity index (χ0n) is 45.7. The number of aliphatic hydroxyl groups excluding tert-OH is 1. The van der Waals surface area contributed by atoms with Crippen LogP contribution in [0.4, 0.5) is 0 Å². The van der Waals surface area contributed by atoms with Crippen LogP contribution < -0.4 is 10.2 Å². The summed E-state index contributed by atoms with van der Waals surface area (Å²) in [6.07, 6.45) is 74.2. The van der Waals surface area contributed by atoms with Gasteiger partial charge in [0, 0.05) is 6.42 Å². The molecule has 0 rings (SSSR count). The second-order valence-electron chi connectivity index (χ2n) is 19.9. The van der Waals surface area contributed by atoms with Crippen molar-refractivity contribution in [1.29, 1.82) is 0 Å². The summed E-state index contributed by atoms with van der Waals surface area (Å²) in [4.78, 5) is 25.4. The molecule has 0 aliphatic heterocycles. The second-order valence-corrected chi connectivity index (χ2v) is 21.3. The monoisotopic (exact) mass is 995 g/mol. The number of nitrogens with zero attached hydrogens (tertiary/aromatic N) is 1. The van der Waals surface area contributed by atoms with E-state index in [0.29, 0.717) is 23.9 Å². The SMILES string of the molecule is CC/C=C\C/C=C\C/C=C\C/C=C\C/C=C\C/C=C\C/C=C\C/C=C\C/C=C\CCCCCCCCCCCCCC(=O)NC(COP(=O)([O-])OCC[N+](C)(C)C)C(O)CCCCCCCCCCC. The number of quaternary nitrogens is 1. The molecule has 0 bridgehead atoms. The number of nitrogens with one attached hydrogen (secondary N) is 1. The van der Waals surface area contributed by atoms with Gasteiger partial charge in [-0.15, -0.1) is 0 Å². The van der Waals surface area contributed by atoms with Crippen LogP contribution >= 0.6 is 7.82 Å². The molecule has 0 aliphatic carbocycles. The molecule has 3 atom stereocenters. The molecule has 9 heteroatoms. The number of unbranched alkanes of at least 4 members (excludes halogenated alkanes) is 19. The van der Waals surface area contributed by atoms with Crippen LogP contribution in [-0.2, 0) is 18.4 Å². The van der Waals surface area contributed by atoms with Crippen molar-refractivity contribution < 1.29 is 32.9 Å². The van der Waals surface area contributed by atoms with Crippen LogP contribution in [-0.4, -0.2) is 68.5 Å². The Bertz CT molecular complexity index is 1500. The Morgan fingerprint density at radius 1 is 0.514 bits per heavy atom. The van der Waals surface area contributed by atoms with Gasteiger partial charge in [-0.1, -0.05) is 239 Å². The number of hydrogen-bond acceptors (Lipinski definition) is 6. The minimum absolute atomic E-state index is 0.00705. The fourth-order valence-electron chi connectivity index (χ4n) is 7.62. The predicted octanol–water partition coefficient (Wildman–Crippen LogP) is 16.6. The van der Waals surface area contributed by atoms with Gasteiger partial charge in [0.05, 0.1) is 39.9 Å².